The van der Waals surface area contributed by atoms with Gasteiger partial charge in [-0.2, -0.15) is 13.2 Å². The van der Waals surface area contributed by atoms with Crippen molar-refractivity contribution in [1.82, 2.24) is 9.97 Å². The van der Waals surface area contributed by atoms with Crippen molar-refractivity contribution in [2.24, 2.45) is 0 Å². The Labute approximate surface area is 195 Å². The number of halogens is 3. The zero-order valence-electron chi connectivity index (χ0n) is 18.6. The van der Waals surface area contributed by atoms with Crippen LogP contribution in [-0.2, 0) is 6.18 Å². The fourth-order valence-corrected chi connectivity index (χ4v) is 4.23. The molecule has 0 aliphatic carbocycles. The Morgan fingerprint density at radius 3 is 2.21 bits per heavy atom. The molecule has 0 amide bonds. The summed E-state index contributed by atoms with van der Waals surface area (Å²) < 4.78 is 44.7. The average molecular weight is 464 g/mol. The van der Waals surface area contributed by atoms with Gasteiger partial charge in [0, 0.05) is 42.8 Å². The number of anilines is 2. The van der Waals surface area contributed by atoms with E-state index >= 15 is 0 Å². The van der Waals surface area contributed by atoms with Crippen LogP contribution in [-0.4, -0.2) is 43.3 Å². The Bertz CT molecular complexity index is 1300. The van der Waals surface area contributed by atoms with E-state index < -0.39 is 11.7 Å². The van der Waals surface area contributed by atoms with Gasteiger partial charge in [0.25, 0.3) is 0 Å². The van der Waals surface area contributed by atoms with Gasteiger partial charge >= 0.3 is 6.18 Å². The fourth-order valence-electron chi connectivity index (χ4n) is 4.23. The quantitative estimate of drug-likeness (QED) is 0.390. The van der Waals surface area contributed by atoms with Gasteiger partial charge in [0.1, 0.15) is 11.6 Å². The van der Waals surface area contributed by atoms with Crippen LogP contribution in [0.4, 0.5) is 24.7 Å². The number of hydrogen-bond acceptors (Lipinski definition) is 5. The largest absolute Gasteiger partial charge is 0.497 e. The molecule has 1 aromatic heterocycles. The monoisotopic (exact) mass is 464 g/mol. The summed E-state index contributed by atoms with van der Waals surface area (Å²) >= 11 is 0. The average Bonchev–Trinajstić information content (AvgIpc) is 2.88. The summed E-state index contributed by atoms with van der Waals surface area (Å²) in [5, 5.41) is 0.951. The van der Waals surface area contributed by atoms with Gasteiger partial charge in [-0.15, -0.1) is 0 Å². The van der Waals surface area contributed by atoms with Gasteiger partial charge in [0.2, 0.25) is 0 Å². The number of para-hydroxylation sites is 1. The normalized spacial score (nSPS) is 14.5. The molecule has 2 heterocycles. The summed E-state index contributed by atoms with van der Waals surface area (Å²) in [7, 11) is 1.62. The van der Waals surface area contributed by atoms with Crippen LogP contribution in [0.15, 0.2) is 72.8 Å². The molecule has 0 spiro atoms. The van der Waals surface area contributed by atoms with E-state index in [0.29, 0.717) is 37.7 Å². The highest BCUT2D eigenvalue weighted by Gasteiger charge is 2.31. The Hall–Kier alpha value is -3.81. The number of fused-ring (bicyclic) bond motifs is 1. The predicted molar refractivity (Wildman–Crippen MR) is 127 cm³/mol. The van der Waals surface area contributed by atoms with E-state index in [9.17, 15) is 13.2 Å². The van der Waals surface area contributed by atoms with Crippen molar-refractivity contribution in [2.75, 3.05) is 43.1 Å². The Morgan fingerprint density at radius 1 is 0.794 bits per heavy atom. The first-order chi connectivity index (χ1) is 16.4. The summed E-state index contributed by atoms with van der Waals surface area (Å²) in [6.45, 7) is 2.47. The molecule has 1 saturated heterocycles. The van der Waals surface area contributed by atoms with Crippen LogP contribution in [0.3, 0.4) is 0 Å². The van der Waals surface area contributed by atoms with Gasteiger partial charge in [0.05, 0.1) is 18.2 Å². The van der Waals surface area contributed by atoms with Crippen molar-refractivity contribution in [3.05, 3.63) is 78.4 Å². The van der Waals surface area contributed by atoms with Crippen LogP contribution in [0.5, 0.6) is 5.75 Å². The maximum atomic E-state index is 13.1. The molecule has 8 heteroatoms. The molecule has 0 N–H and O–H groups in total. The molecule has 1 fully saturated rings. The SMILES string of the molecule is COc1ccc(-c2nc(N3CCN(c4cccc(C(F)(F)F)c4)CC3)c3ccccc3n2)cc1. The Kier molecular flexibility index (Phi) is 5.73. The zero-order valence-corrected chi connectivity index (χ0v) is 18.6. The number of alkyl halides is 3. The first-order valence-electron chi connectivity index (χ1n) is 11.0. The van der Waals surface area contributed by atoms with Crippen molar-refractivity contribution >= 4 is 22.4 Å². The second-order valence-electron chi connectivity index (χ2n) is 8.14. The molecule has 1 aliphatic rings. The highest BCUT2D eigenvalue weighted by molar-refractivity contribution is 5.91. The summed E-state index contributed by atoms with van der Waals surface area (Å²) in [5.41, 5.74) is 1.69. The minimum Gasteiger partial charge on any atom is -0.497 e. The van der Waals surface area contributed by atoms with E-state index in [2.05, 4.69) is 4.90 Å². The summed E-state index contributed by atoms with van der Waals surface area (Å²) in [6, 6.07) is 21.0. The maximum Gasteiger partial charge on any atom is 0.416 e. The van der Waals surface area contributed by atoms with Crippen LogP contribution in [0.2, 0.25) is 0 Å². The van der Waals surface area contributed by atoms with Gasteiger partial charge in [-0.1, -0.05) is 18.2 Å². The predicted octanol–water partition coefficient (Wildman–Crippen LogP) is 5.65. The van der Waals surface area contributed by atoms with Crippen molar-refractivity contribution < 1.29 is 17.9 Å². The molecule has 0 radical (unpaired) electrons. The minimum atomic E-state index is -4.35. The number of rotatable bonds is 4. The standard InChI is InChI=1S/C26H23F3N4O/c1-34-21-11-9-18(10-12-21)24-30-23-8-3-2-7-22(23)25(31-24)33-15-13-32(14-16-33)20-6-4-5-19(17-20)26(27,28)29/h2-12,17H,13-16H2,1H3. The van der Waals surface area contributed by atoms with Crippen LogP contribution >= 0.6 is 0 Å². The minimum absolute atomic E-state index is 0.584. The van der Waals surface area contributed by atoms with E-state index in [1.165, 1.54) is 12.1 Å². The molecule has 4 aromatic rings. The van der Waals surface area contributed by atoms with Gasteiger partial charge in [-0.3, -0.25) is 0 Å². The number of benzene rings is 3. The lowest BCUT2D eigenvalue weighted by Crippen LogP contribution is -2.47. The van der Waals surface area contributed by atoms with Crippen molar-refractivity contribution in [3.8, 4) is 17.1 Å². The number of aromatic nitrogens is 2. The third-order valence-corrected chi connectivity index (χ3v) is 6.05. The Morgan fingerprint density at radius 2 is 1.50 bits per heavy atom. The molecule has 174 valence electrons. The Balaban J connectivity index is 1.42. The smallest absolute Gasteiger partial charge is 0.416 e. The van der Waals surface area contributed by atoms with E-state index in [4.69, 9.17) is 14.7 Å². The van der Waals surface area contributed by atoms with Crippen LogP contribution < -0.4 is 14.5 Å². The molecular weight excluding hydrogens is 441 g/mol. The van der Waals surface area contributed by atoms with E-state index in [1.807, 2.05) is 53.4 Å². The molecule has 0 saturated carbocycles. The second-order valence-corrected chi connectivity index (χ2v) is 8.14. The first kappa shape index (κ1) is 22.0. The lowest BCUT2D eigenvalue weighted by atomic mass is 10.1. The summed E-state index contributed by atoms with van der Waals surface area (Å²) in [6.07, 6.45) is -4.35. The van der Waals surface area contributed by atoms with E-state index in [1.54, 1.807) is 13.2 Å². The zero-order chi connectivity index (χ0) is 23.7. The van der Waals surface area contributed by atoms with Gasteiger partial charge in [0.15, 0.2) is 5.82 Å². The van der Waals surface area contributed by atoms with Gasteiger partial charge in [-0.25, -0.2) is 9.97 Å². The molecular formula is C26H23F3N4O. The number of ether oxygens (including phenoxy) is 1. The van der Waals surface area contributed by atoms with Crippen molar-refractivity contribution in [1.29, 1.82) is 0 Å². The molecule has 5 nitrogen and oxygen atoms in total. The summed E-state index contributed by atoms with van der Waals surface area (Å²) in [5.74, 6) is 2.22. The number of methoxy groups -OCH3 is 1. The number of hydrogen-bond donors (Lipinski definition) is 0. The molecule has 0 bridgehead atoms. The first-order valence-corrected chi connectivity index (χ1v) is 11.0. The topological polar surface area (TPSA) is 41.5 Å². The maximum absolute atomic E-state index is 13.1. The lowest BCUT2D eigenvalue weighted by molar-refractivity contribution is -0.137. The fraction of sp³-hybridized carbons (Fsp3) is 0.231. The van der Waals surface area contributed by atoms with Crippen LogP contribution in [0.25, 0.3) is 22.3 Å². The molecule has 3 aromatic carbocycles. The molecule has 5 rings (SSSR count). The van der Waals surface area contributed by atoms with Gasteiger partial charge < -0.3 is 14.5 Å². The number of piperazine rings is 1. The van der Waals surface area contributed by atoms with E-state index in [-0.39, 0.29) is 0 Å². The lowest BCUT2D eigenvalue weighted by Gasteiger charge is -2.37. The summed E-state index contributed by atoms with van der Waals surface area (Å²) in [4.78, 5) is 13.8. The molecule has 34 heavy (non-hydrogen) atoms. The highest BCUT2D eigenvalue weighted by atomic mass is 19.4. The van der Waals surface area contributed by atoms with E-state index in [0.717, 1.165) is 34.1 Å². The molecule has 0 atom stereocenters. The van der Waals surface area contributed by atoms with Crippen molar-refractivity contribution in [3.63, 3.8) is 0 Å². The second kappa shape index (κ2) is 8.85. The van der Waals surface area contributed by atoms with Crippen LogP contribution in [0, 0.1) is 0 Å². The number of nitrogens with zero attached hydrogens (tertiary/aromatic N) is 4. The van der Waals surface area contributed by atoms with Crippen molar-refractivity contribution in [2.45, 2.75) is 6.18 Å². The van der Waals surface area contributed by atoms with Crippen LogP contribution in [0.1, 0.15) is 5.56 Å². The third-order valence-electron chi connectivity index (χ3n) is 6.05. The molecule has 1 aliphatic heterocycles. The third kappa shape index (κ3) is 4.35. The van der Waals surface area contributed by atoms with Gasteiger partial charge in [-0.05, 0) is 54.6 Å². The highest BCUT2D eigenvalue weighted by Crippen LogP contribution is 2.33. The molecule has 0 unspecified atom stereocenters.